The smallest absolute Gasteiger partial charge is 0.410 e. The highest BCUT2D eigenvalue weighted by Crippen LogP contribution is 2.59. The molecular formula is C49H69Cl2N5O16. The topological polar surface area (TPSA) is 253 Å². The molecule has 0 spiro atoms. The molecule has 4 atom stereocenters. The van der Waals surface area contributed by atoms with Crippen LogP contribution in [0.15, 0.2) is 54.6 Å². The highest BCUT2D eigenvalue weighted by atomic mass is 35.5. The zero-order valence-corrected chi connectivity index (χ0v) is 43.6. The van der Waals surface area contributed by atoms with Crippen molar-refractivity contribution in [2.75, 3.05) is 79.7 Å². The number of methoxy groups -OCH3 is 1. The predicted molar refractivity (Wildman–Crippen MR) is 266 cm³/mol. The Labute approximate surface area is 430 Å². The first-order chi connectivity index (χ1) is 34.5. The summed E-state index contributed by atoms with van der Waals surface area (Å²) in [6.45, 7) is 13.2. The number of fused-ring (bicyclic) bond motifs is 1. The number of aryl methyl sites for hydroxylation is 2. The summed E-state index contributed by atoms with van der Waals surface area (Å²) in [6, 6.07) is 16.9. The van der Waals surface area contributed by atoms with Crippen molar-refractivity contribution in [2.45, 2.75) is 92.3 Å². The van der Waals surface area contributed by atoms with Crippen LogP contribution >= 0.6 is 23.2 Å². The largest absolute Gasteiger partial charge is 0.496 e. The lowest BCUT2D eigenvalue weighted by Gasteiger charge is -2.62. The van der Waals surface area contributed by atoms with E-state index in [0.717, 1.165) is 53.7 Å². The minimum atomic E-state index is -0.913. The molecule has 400 valence electrons. The zero-order chi connectivity index (χ0) is 53.2. The van der Waals surface area contributed by atoms with Crippen molar-refractivity contribution >= 4 is 41.3 Å². The van der Waals surface area contributed by atoms with Crippen LogP contribution in [0.3, 0.4) is 0 Å². The zero-order valence-electron chi connectivity index (χ0n) is 42.1. The molecule has 2 aliphatic rings. The van der Waals surface area contributed by atoms with Gasteiger partial charge in [-0.05, 0) is 92.1 Å². The number of hydrogen-bond acceptors (Lipinski definition) is 16. The molecule has 0 aromatic heterocycles. The summed E-state index contributed by atoms with van der Waals surface area (Å²) >= 11 is 12.6. The van der Waals surface area contributed by atoms with Crippen molar-refractivity contribution in [3.63, 3.8) is 0 Å². The van der Waals surface area contributed by atoms with E-state index in [2.05, 4.69) is 20.1 Å². The molecule has 2 N–H and O–H groups in total. The van der Waals surface area contributed by atoms with Gasteiger partial charge in [0.05, 0.1) is 55.5 Å². The molecule has 23 heteroatoms. The van der Waals surface area contributed by atoms with E-state index in [0.29, 0.717) is 41.1 Å². The van der Waals surface area contributed by atoms with Gasteiger partial charge < -0.3 is 58.4 Å². The molecule has 3 aromatic carbocycles. The Morgan fingerprint density at radius 3 is 1.94 bits per heavy atom. The number of nitrogens with zero attached hydrogens (tertiary/aromatic N) is 4. The maximum absolute atomic E-state index is 14.6. The van der Waals surface area contributed by atoms with Gasteiger partial charge in [0.25, 0.3) is 10.2 Å². The molecule has 0 bridgehead atoms. The van der Waals surface area contributed by atoms with Crippen LogP contribution < -0.4 is 19.9 Å². The summed E-state index contributed by atoms with van der Waals surface area (Å²) in [5.41, 5.74) is 8.31. The van der Waals surface area contributed by atoms with E-state index in [9.17, 15) is 34.6 Å². The second kappa shape index (κ2) is 31.4. The first-order valence-corrected chi connectivity index (χ1v) is 24.6. The van der Waals surface area contributed by atoms with Gasteiger partial charge in [-0.2, -0.15) is 0 Å². The number of primary amides is 1. The third-order valence-electron chi connectivity index (χ3n) is 11.7. The van der Waals surface area contributed by atoms with Crippen molar-refractivity contribution in [3.8, 4) is 17.2 Å². The standard InChI is InChI=1S/C42H53Cl2N3O10.C5H10N2O6.C2H6/c1-6-16-45(27-32-11-14-36(52-5)29(3)25-32)40(48)30(4)39-42(15-7-8-37(42)46(39)41(49)56-19-17-53-18-22-57-47(50)51)26-31-9-12-33(13-10-31)54-20-21-55-38-34(43)23-28(2)24-35(38)44;6-5(8)12-3-1-11-2-4-13-7(9)10;1-2/h9-14,23-25,30,37,39H,6-8,15-22,26-27H2,1-5H3;1-4H2,(H2,6,8);1-2H3. The number of likely N-dealkylation sites (tertiary alicyclic amines) is 1. The summed E-state index contributed by atoms with van der Waals surface area (Å²) in [7, 11) is 1.64. The average Bonchev–Trinajstić information content (AvgIpc) is 3.67. The van der Waals surface area contributed by atoms with E-state index in [4.69, 9.17) is 51.6 Å². The molecular weight excluding hydrogens is 985 g/mol. The van der Waals surface area contributed by atoms with Gasteiger partial charge in [-0.1, -0.05) is 81.6 Å². The molecule has 1 heterocycles. The maximum atomic E-state index is 14.6. The fourth-order valence-corrected chi connectivity index (χ4v) is 9.66. The molecule has 0 radical (unpaired) electrons. The van der Waals surface area contributed by atoms with Gasteiger partial charge in [0.15, 0.2) is 5.75 Å². The Hall–Kier alpha value is -6.03. The Bertz CT molecular complexity index is 2150. The summed E-state index contributed by atoms with van der Waals surface area (Å²) in [4.78, 5) is 70.3. The molecule has 3 amide bonds. The minimum absolute atomic E-state index is 0.0160. The fraction of sp³-hybridized carbons (Fsp3) is 0.571. The van der Waals surface area contributed by atoms with Crippen LogP contribution in [0.4, 0.5) is 9.59 Å². The van der Waals surface area contributed by atoms with Crippen molar-refractivity contribution < 1.29 is 67.4 Å². The summed E-state index contributed by atoms with van der Waals surface area (Å²) in [5, 5.41) is 19.1. The normalized spacial score (nSPS) is 16.7. The lowest BCUT2D eigenvalue weighted by molar-refractivity contribution is -0.758. The van der Waals surface area contributed by atoms with E-state index < -0.39 is 34.3 Å². The molecule has 4 unspecified atom stereocenters. The third-order valence-corrected chi connectivity index (χ3v) is 12.3. The van der Waals surface area contributed by atoms with Crippen LogP contribution in [0, 0.1) is 45.4 Å². The molecule has 1 aliphatic heterocycles. The first-order valence-electron chi connectivity index (χ1n) is 23.8. The number of carbonyl (C=O) groups is 3. The first kappa shape index (κ1) is 60.3. The molecule has 3 aromatic rings. The van der Waals surface area contributed by atoms with E-state index in [-0.39, 0.29) is 83.4 Å². The Balaban J connectivity index is 0.000000793. The second-order valence-corrected chi connectivity index (χ2v) is 17.4. The van der Waals surface area contributed by atoms with Gasteiger partial charge in [-0.3, -0.25) is 4.79 Å². The van der Waals surface area contributed by atoms with Crippen LogP contribution in [-0.2, 0) is 46.4 Å². The van der Waals surface area contributed by atoms with Gasteiger partial charge in [-0.15, -0.1) is 20.2 Å². The van der Waals surface area contributed by atoms with Gasteiger partial charge in [0.1, 0.15) is 51.1 Å². The number of amides is 3. The van der Waals surface area contributed by atoms with Crippen LogP contribution in [-0.4, -0.2) is 130 Å². The highest BCUT2D eigenvalue weighted by molar-refractivity contribution is 6.37. The quantitative estimate of drug-likeness (QED) is 0.0406. The number of ether oxygens (including phenoxy) is 7. The van der Waals surface area contributed by atoms with E-state index >= 15 is 0 Å². The Kier molecular flexibility index (Phi) is 26.3. The maximum Gasteiger partial charge on any atom is 0.410 e. The lowest BCUT2D eigenvalue weighted by Crippen LogP contribution is -2.74. The number of rotatable bonds is 28. The van der Waals surface area contributed by atoms with Crippen molar-refractivity contribution in [2.24, 2.45) is 17.1 Å². The van der Waals surface area contributed by atoms with Crippen molar-refractivity contribution in [1.82, 2.24) is 9.80 Å². The average molecular weight is 1060 g/mol. The molecule has 1 aliphatic carbocycles. The Morgan fingerprint density at radius 1 is 0.819 bits per heavy atom. The summed E-state index contributed by atoms with van der Waals surface area (Å²) < 4.78 is 37.4. The number of halogens is 2. The highest BCUT2D eigenvalue weighted by Gasteiger charge is 2.66. The number of nitrogens with two attached hydrogens (primary N) is 1. The Morgan fingerprint density at radius 2 is 1.39 bits per heavy atom. The SMILES string of the molecule is CC.CCCN(Cc1ccc(OC)c(C)c1)C(=O)C(C)C1N(C(=O)OCCOCCO[N+](=O)[O-])C2CCCC21Cc1ccc(OCCOc2c(Cl)cc(C)cc2Cl)cc1.NC(=O)OCCOCCO[N+](=O)[O-]. The fourth-order valence-electron chi connectivity index (χ4n) is 8.96. The van der Waals surface area contributed by atoms with E-state index in [1.54, 1.807) is 24.1 Å². The molecule has 1 saturated carbocycles. The van der Waals surface area contributed by atoms with Crippen LogP contribution in [0.1, 0.15) is 75.6 Å². The molecule has 72 heavy (non-hydrogen) atoms. The molecule has 2 fully saturated rings. The molecule has 1 saturated heterocycles. The predicted octanol–water partition coefficient (Wildman–Crippen LogP) is 8.61. The summed E-state index contributed by atoms with van der Waals surface area (Å²) in [5.74, 6) is 1.35. The lowest BCUT2D eigenvalue weighted by atomic mass is 9.59. The van der Waals surface area contributed by atoms with Crippen LogP contribution in [0.5, 0.6) is 17.2 Å². The van der Waals surface area contributed by atoms with Crippen LogP contribution in [0.25, 0.3) is 0 Å². The van der Waals surface area contributed by atoms with Crippen molar-refractivity contribution in [1.29, 1.82) is 0 Å². The minimum Gasteiger partial charge on any atom is -0.496 e. The number of hydrogen-bond donors (Lipinski definition) is 1. The number of benzene rings is 3. The van der Waals surface area contributed by atoms with Crippen molar-refractivity contribution in [3.05, 3.63) is 107 Å². The van der Waals surface area contributed by atoms with Gasteiger partial charge in [-0.25, -0.2) is 9.59 Å². The van der Waals surface area contributed by atoms with Gasteiger partial charge in [0.2, 0.25) is 5.91 Å². The molecule has 21 nitrogen and oxygen atoms in total. The molecule has 5 rings (SSSR count). The van der Waals surface area contributed by atoms with Gasteiger partial charge in [0, 0.05) is 24.5 Å². The van der Waals surface area contributed by atoms with E-state index in [1.807, 2.05) is 88.9 Å². The van der Waals surface area contributed by atoms with Gasteiger partial charge >= 0.3 is 12.2 Å². The second-order valence-electron chi connectivity index (χ2n) is 16.5. The monoisotopic (exact) mass is 1050 g/mol. The number of carbonyl (C=O) groups excluding carboxylic acids is 3. The van der Waals surface area contributed by atoms with E-state index in [1.165, 1.54) is 0 Å². The third kappa shape index (κ3) is 18.5. The summed E-state index contributed by atoms with van der Waals surface area (Å²) in [6.07, 6.45) is 2.62. The van der Waals surface area contributed by atoms with Crippen LogP contribution in [0.2, 0.25) is 10.0 Å².